The fourth-order valence-corrected chi connectivity index (χ4v) is 3.58. The van der Waals surface area contributed by atoms with Crippen LogP contribution in [0.4, 0.5) is 0 Å². The zero-order chi connectivity index (χ0) is 12.5. The lowest BCUT2D eigenvalue weighted by Gasteiger charge is -2.26. The largest absolute Gasteiger partial charge is 0.355 e. The Morgan fingerprint density at radius 3 is 3.00 bits per heavy atom. The number of amides is 1. The van der Waals surface area contributed by atoms with Crippen LogP contribution in [0.25, 0.3) is 0 Å². The Morgan fingerprint density at radius 1 is 1.50 bits per heavy atom. The van der Waals surface area contributed by atoms with Crippen molar-refractivity contribution in [3.63, 3.8) is 0 Å². The van der Waals surface area contributed by atoms with Gasteiger partial charge in [0, 0.05) is 30.9 Å². The number of aromatic amines is 1. The summed E-state index contributed by atoms with van der Waals surface area (Å²) >= 11 is 0. The topological polar surface area (TPSA) is 83.8 Å². The number of hydrogen-bond acceptors (Lipinski definition) is 3. The van der Waals surface area contributed by atoms with E-state index in [1.165, 1.54) is 12.8 Å². The van der Waals surface area contributed by atoms with Gasteiger partial charge in [0.15, 0.2) is 0 Å². The zero-order valence-electron chi connectivity index (χ0n) is 10.4. The van der Waals surface area contributed by atoms with Crippen LogP contribution < -0.4 is 11.1 Å². The van der Waals surface area contributed by atoms with Gasteiger partial charge in [-0.2, -0.15) is 0 Å². The molecule has 4 N–H and O–H groups in total. The van der Waals surface area contributed by atoms with Crippen LogP contribution in [0.1, 0.15) is 25.0 Å². The van der Waals surface area contributed by atoms with Gasteiger partial charge in [-0.15, -0.1) is 0 Å². The van der Waals surface area contributed by atoms with Crippen molar-refractivity contribution in [1.82, 2.24) is 15.3 Å². The molecule has 2 aliphatic carbocycles. The molecule has 1 heterocycles. The molecule has 3 rings (SSSR count). The molecule has 0 spiro atoms. The van der Waals surface area contributed by atoms with E-state index in [0.717, 1.165) is 18.5 Å². The number of nitrogens with one attached hydrogen (secondary N) is 2. The standard InChI is InChI=1S/C13H20N4O/c14-12-9-2-1-8(5-9)11(12)13(18)16-4-3-10-6-15-7-17-10/h6-9,11-12H,1-5,14H2,(H,15,17)(H,16,18). The lowest BCUT2D eigenvalue weighted by Crippen LogP contribution is -2.45. The number of rotatable bonds is 4. The van der Waals surface area contributed by atoms with E-state index in [0.29, 0.717) is 18.4 Å². The molecule has 2 fully saturated rings. The number of hydrogen-bond donors (Lipinski definition) is 3. The first-order valence-corrected chi connectivity index (χ1v) is 6.76. The molecule has 0 aliphatic heterocycles. The maximum Gasteiger partial charge on any atom is 0.224 e. The van der Waals surface area contributed by atoms with Gasteiger partial charge >= 0.3 is 0 Å². The van der Waals surface area contributed by atoms with Crippen LogP contribution in [0.15, 0.2) is 12.5 Å². The molecule has 0 radical (unpaired) electrons. The fraction of sp³-hybridized carbons (Fsp3) is 0.692. The van der Waals surface area contributed by atoms with Crippen molar-refractivity contribution < 1.29 is 4.79 Å². The molecule has 4 unspecified atom stereocenters. The normalized spacial score (nSPS) is 33.8. The first-order valence-electron chi connectivity index (χ1n) is 6.76. The van der Waals surface area contributed by atoms with Crippen molar-refractivity contribution in [2.75, 3.05) is 6.54 Å². The Labute approximate surface area is 107 Å². The molecule has 0 saturated heterocycles. The van der Waals surface area contributed by atoms with Crippen molar-refractivity contribution in [2.45, 2.75) is 31.7 Å². The second kappa shape index (κ2) is 4.72. The van der Waals surface area contributed by atoms with E-state index in [1.807, 2.05) is 0 Å². The van der Waals surface area contributed by atoms with Crippen LogP contribution in [-0.2, 0) is 11.2 Å². The van der Waals surface area contributed by atoms with Gasteiger partial charge in [0.2, 0.25) is 5.91 Å². The van der Waals surface area contributed by atoms with E-state index < -0.39 is 0 Å². The second-order valence-corrected chi connectivity index (χ2v) is 5.55. The molecule has 1 amide bonds. The molecule has 1 aromatic rings. The molecule has 2 saturated carbocycles. The predicted octanol–water partition coefficient (Wildman–Crippen LogP) is 0.442. The van der Waals surface area contributed by atoms with Gasteiger partial charge in [-0.1, -0.05) is 0 Å². The summed E-state index contributed by atoms with van der Waals surface area (Å²) in [4.78, 5) is 19.1. The number of nitrogens with zero attached hydrogens (tertiary/aromatic N) is 1. The van der Waals surface area contributed by atoms with Gasteiger partial charge in [0.1, 0.15) is 0 Å². The minimum atomic E-state index is 0.0468. The third kappa shape index (κ3) is 2.03. The Kier molecular flexibility index (Phi) is 3.07. The Hall–Kier alpha value is -1.36. The number of imidazole rings is 1. The van der Waals surface area contributed by atoms with Crippen LogP contribution in [0.2, 0.25) is 0 Å². The van der Waals surface area contributed by atoms with E-state index in [4.69, 9.17) is 5.73 Å². The fourth-order valence-electron chi connectivity index (χ4n) is 3.58. The van der Waals surface area contributed by atoms with Crippen LogP contribution in [0.5, 0.6) is 0 Å². The lowest BCUT2D eigenvalue weighted by atomic mass is 9.84. The number of carbonyl (C=O) groups is 1. The Morgan fingerprint density at radius 2 is 2.33 bits per heavy atom. The number of carbonyl (C=O) groups excluding carboxylic acids is 1. The number of nitrogens with two attached hydrogens (primary N) is 1. The molecular formula is C13H20N4O. The summed E-state index contributed by atoms with van der Waals surface area (Å²) in [6.45, 7) is 0.654. The first kappa shape index (κ1) is 11.7. The number of H-pyrrole nitrogens is 1. The SMILES string of the molecule is NC1C2CCC(C2)C1C(=O)NCCc1cnc[nH]1. The maximum absolute atomic E-state index is 12.2. The third-order valence-corrected chi connectivity index (χ3v) is 4.53. The molecule has 98 valence electrons. The van der Waals surface area contributed by atoms with Gasteiger partial charge in [-0.3, -0.25) is 4.79 Å². The minimum Gasteiger partial charge on any atom is -0.355 e. The van der Waals surface area contributed by atoms with E-state index in [2.05, 4.69) is 15.3 Å². The molecule has 5 heteroatoms. The lowest BCUT2D eigenvalue weighted by molar-refractivity contribution is -0.127. The summed E-state index contributed by atoms with van der Waals surface area (Å²) in [6, 6.07) is 0.0795. The average molecular weight is 248 g/mol. The van der Waals surface area contributed by atoms with Crippen LogP contribution in [0.3, 0.4) is 0 Å². The van der Waals surface area contributed by atoms with Crippen molar-refractivity contribution >= 4 is 5.91 Å². The molecular weight excluding hydrogens is 228 g/mol. The Balaban J connectivity index is 1.50. The molecule has 2 aliphatic rings. The van der Waals surface area contributed by atoms with Crippen LogP contribution >= 0.6 is 0 Å². The molecule has 4 atom stereocenters. The molecule has 0 aromatic carbocycles. The first-order chi connectivity index (χ1) is 8.75. The molecule has 18 heavy (non-hydrogen) atoms. The van der Waals surface area contributed by atoms with Crippen molar-refractivity contribution in [3.8, 4) is 0 Å². The van der Waals surface area contributed by atoms with Crippen molar-refractivity contribution in [1.29, 1.82) is 0 Å². The summed E-state index contributed by atoms with van der Waals surface area (Å²) in [5.41, 5.74) is 7.20. The van der Waals surface area contributed by atoms with Crippen LogP contribution in [-0.4, -0.2) is 28.5 Å². The summed E-state index contributed by atoms with van der Waals surface area (Å²) in [5.74, 6) is 1.30. The average Bonchev–Trinajstić information content (AvgIpc) is 3.03. The number of aromatic nitrogens is 2. The third-order valence-electron chi connectivity index (χ3n) is 4.53. The molecule has 5 nitrogen and oxygen atoms in total. The van der Waals surface area contributed by atoms with E-state index in [9.17, 15) is 4.79 Å². The monoisotopic (exact) mass is 248 g/mol. The maximum atomic E-state index is 12.2. The molecule has 1 aromatic heterocycles. The highest BCUT2D eigenvalue weighted by atomic mass is 16.1. The Bertz CT molecular complexity index is 415. The van der Waals surface area contributed by atoms with E-state index in [1.54, 1.807) is 12.5 Å². The van der Waals surface area contributed by atoms with Gasteiger partial charge in [-0.05, 0) is 31.1 Å². The highest BCUT2D eigenvalue weighted by Crippen LogP contribution is 2.47. The summed E-state index contributed by atoms with van der Waals surface area (Å²) in [6.07, 6.45) is 7.78. The zero-order valence-corrected chi connectivity index (χ0v) is 10.4. The van der Waals surface area contributed by atoms with E-state index >= 15 is 0 Å². The van der Waals surface area contributed by atoms with Crippen molar-refractivity contribution in [2.24, 2.45) is 23.5 Å². The summed E-state index contributed by atoms with van der Waals surface area (Å²) in [5, 5.41) is 3.01. The van der Waals surface area contributed by atoms with Gasteiger partial charge in [-0.25, -0.2) is 4.98 Å². The highest BCUT2D eigenvalue weighted by Gasteiger charge is 2.48. The van der Waals surface area contributed by atoms with E-state index in [-0.39, 0.29) is 17.9 Å². The van der Waals surface area contributed by atoms with Crippen molar-refractivity contribution in [3.05, 3.63) is 18.2 Å². The highest BCUT2D eigenvalue weighted by molar-refractivity contribution is 5.80. The van der Waals surface area contributed by atoms with Gasteiger partial charge in [0.05, 0.1) is 12.2 Å². The van der Waals surface area contributed by atoms with Gasteiger partial charge in [0.25, 0.3) is 0 Å². The number of fused-ring (bicyclic) bond motifs is 2. The van der Waals surface area contributed by atoms with Crippen LogP contribution in [0, 0.1) is 17.8 Å². The smallest absolute Gasteiger partial charge is 0.224 e. The minimum absolute atomic E-state index is 0.0468. The second-order valence-electron chi connectivity index (χ2n) is 5.55. The predicted molar refractivity (Wildman–Crippen MR) is 67.6 cm³/mol. The quantitative estimate of drug-likeness (QED) is 0.723. The van der Waals surface area contributed by atoms with Gasteiger partial charge < -0.3 is 16.0 Å². The summed E-state index contributed by atoms with van der Waals surface area (Å²) < 4.78 is 0. The summed E-state index contributed by atoms with van der Waals surface area (Å²) in [7, 11) is 0. The molecule has 2 bridgehead atoms.